The van der Waals surface area contributed by atoms with E-state index >= 15 is 0 Å². The van der Waals surface area contributed by atoms with Gasteiger partial charge in [0.15, 0.2) is 0 Å². The second kappa shape index (κ2) is 12.3. The van der Waals surface area contributed by atoms with Gasteiger partial charge in [0.25, 0.3) is 0 Å². The molecule has 2 atom stereocenters. The van der Waals surface area contributed by atoms with Crippen molar-refractivity contribution < 1.29 is 9.59 Å². The number of carbonyl (C=O) groups excluding carboxylic acids is 2. The number of benzene rings is 2. The van der Waals surface area contributed by atoms with Gasteiger partial charge in [0, 0.05) is 19.0 Å². The Balaban J connectivity index is 2.20. The van der Waals surface area contributed by atoms with Crippen molar-refractivity contribution in [1.29, 1.82) is 0 Å². The van der Waals surface area contributed by atoms with Gasteiger partial charge in [-0.15, -0.1) is 0 Å². The molecule has 0 spiro atoms. The third-order valence-corrected chi connectivity index (χ3v) is 6.05. The lowest BCUT2D eigenvalue weighted by atomic mass is 10.0. The minimum Gasteiger partial charge on any atom is -0.352 e. The van der Waals surface area contributed by atoms with E-state index in [4.69, 9.17) is 0 Å². The number of aryl methyl sites for hydroxylation is 3. The Labute approximate surface area is 188 Å². The minimum absolute atomic E-state index is 0.0222. The maximum atomic E-state index is 13.4. The highest BCUT2D eigenvalue weighted by Crippen LogP contribution is 2.18. The molecule has 0 aliphatic rings. The molecule has 0 bridgehead atoms. The summed E-state index contributed by atoms with van der Waals surface area (Å²) in [5.74, 6) is -0.0416. The van der Waals surface area contributed by atoms with Crippen LogP contribution in [0.5, 0.6) is 0 Å². The van der Waals surface area contributed by atoms with Crippen molar-refractivity contribution in [2.45, 2.75) is 85.4 Å². The molecule has 2 aromatic carbocycles. The number of hydrogen-bond acceptors (Lipinski definition) is 2. The lowest BCUT2D eigenvalue weighted by Crippen LogP contribution is -2.50. The molecule has 0 saturated heterocycles. The van der Waals surface area contributed by atoms with E-state index < -0.39 is 6.04 Å². The molecule has 2 amide bonds. The molecule has 0 aromatic heterocycles. The molecule has 0 aliphatic carbocycles. The average Bonchev–Trinajstić information content (AvgIpc) is 2.78. The first-order valence-corrected chi connectivity index (χ1v) is 11.6. The summed E-state index contributed by atoms with van der Waals surface area (Å²) in [5, 5.41) is 3.07. The van der Waals surface area contributed by atoms with Gasteiger partial charge in [0.1, 0.15) is 6.04 Å². The molecule has 0 fully saturated rings. The van der Waals surface area contributed by atoms with Crippen LogP contribution in [0.25, 0.3) is 0 Å². The van der Waals surface area contributed by atoms with Crippen molar-refractivity contribution in [3.05, 3.63) is 70.8 Å². The van der Waals surface area contributed by atoms with Crippen LogP contribution < -0.4 is 5.32 Å². The normalized spacial score (nSPS) is 12.8. The van der Waals surface area contributed by atoms with Gasteiger partial charge in [-0.25, -0.2) is 0 Å². The monoisotopic (exact) mass is 422 g/mol. The standard InChI is InChI=1S/C27H38N2O2/c1-6-21(5)28-27(31)25(8-3)29(19-24-12-10-9-11-20(24)4)26(30)18-17-23-15-13-22(7-2)14-16-23/h9-16,21,25H,6-8,17-19H2,1-5H3,(H,28,31)/t21-,25-/m0/s1. The fraction of sp³-hybridized carbons (Fsp3) is 0.481. The largest absolute Gasteiger partial charge is 0.352 e. The number of nitrogens with one attached hydrogen (secondary N) is 1. The van der Waals surface area contributed by atoms with Gasteiger partial charge in [-0.3, -0.25) is 9.59 Å². The van der Waals surface area contributed by atoms with E-state index in [2.05, 4.69) is 36.5 Å². The Morgan fingerprint density at radius 1 is 0.935 bits per heavy atom. The van der Waals surface area contributed by atoms with Crippen LogP contribution in [-0.4, -0.2) is 28.8 Å². The highest BCUT2D eigenvalue weighted by atomic mass is 16.2. The topological polar surface area (TPSA) is 49.4 Å². The van der Waals surface area contributed by atoms with Crippen LogP contribution in [0.4, 0.5) is 0 Å². The summed E-state index contributed by atoms with van der Waals surface area (Å²) in [7, 11) is 0. The van der Waals surface area contributed by atoms with Gasteiger partial charge in [0.05, 0.1) is 0 Å². The van der Waals surface area contributed by atoms with Crippen LogP contribution in [0.2, 0.25) is 0 Å². The maximum absolute atomic E-state index is 13.4. The molecule has 0 unspecified atom stereocenters. The van der Waals surface area contributed by atoms with Crippen LogP contribution >= 0.6 is 0 Å². The minimum atomic E-state index is -0.469. The fourth-order valence-electron chi connectivity index (χ4n) is 3.67. The van der Waals surface area contributed by atoms with Crippen molar-refractivity contribution >= 4 is 11.8 Å². The van der Waals surface area contributed by atoms with E-state index in [1.165, 1.54) is 5.56 Å². The zero-order valence-electron chi connectivity index (χ0n) is 19.8. The number of rotatable bonds is 11. The quantitative estimate of drug-likeness (QED) is 0.540. The highest BCUT2D eigenvalue weighted by molar-refractivity contribution is 5.88. The Kier molecular flexibility index (Phi) is 9.77. The van der Waals surface area contributed by atoms with Crippen molar-refractivity contribution in [3.63, 3.8) is 0 Å². The first kappa shape index (κ1) is 24.6. The Morgan fingerprint density at radius 3 is 2.16 bits per heavy atom. The number of amides is 2. The zero-order valence-corrected chi connectivity index (χ0v) is 19.8. The molecule has 0 saturated carbocycles. The molecular weight excluding hydrogens is 384 g/mol. The molecule has 2 rings (SSSR count). The predicted molar refractivity (Wildman–Crippen MR) is 128 cm³/mol. The van der Waals surface area contributed by atoms with Crippen LogP contribution in [0, 0.1) is 6.92 Å². The lowest BCUT2D eigenvalue weighted by molar-refractivity contribution is -0.141. The summed E-state index contributed by atoms with van der Waals surface area (Å²) in [5.41, 5.74) is 4.66. The molecule has 31 heavy (non-hydrogen) atoms. The molecule has 0 heterocycles. The third kappa shape index (κ3) is 7.23. The smallest absolute Gasteiger partial charge is 0.243 e. The van der Waals surface area contributed by atoms with Crippen molar-refractivity contribution in [1.82, 2.24) is 10.2 Å². The molecule has 2 aromatic rings. The van der Waals surface area contributed by atoms with Gasteiger partial charge >= 0.3 is 0 Å². The van der Waals surface area contributed by atoms with Crippen LogP contribution in [0.15, 0.2) is 48.5 Å². The highest BCUT2D eigenvalue weighted by Gasteiger charge is 2.29. The maximum Gasteiger partial charge on any atom is 0.243 e. The van der Waals surface area contributed by atoms with Crippen LogP contribution in [0.1, 0.15) is 69.2 Å². The Morgan fingerprint density at radius 2 is 1.58 bits per heavy atom. The van der Waals surface area contributed by atoms with Gasteiger partial charge in [0.2, 0.25) is 11.8 Å². The number of hydrogen-bond donors (Lipinski definition) is 1. The fourth-order valence-corrected chi connectivity index (χ4v) is 3.67. The molecule has 4 nitrogen and oxygen atoms in total. The third-order valence-electron chi connectivity index (χ3n) is 6.05. The lowest BCUT2D eigenvalue weighted by Gasteiger charge is -2.32. The van der Waals surface area contributed by atoms with E-state index in [0.29, 0.717) is 25.8 Å². The summed E-state index contributed by atoms with van der Waals surface area (Å²) in [6.45, 7) is 10.7. The molecule has 0 aliphatic heterocycles. The predicted octanol–water partition coefficient (Wildman–Crippen LogP) is 5.21. The summed E-state index contributed by atoms with van der Waals surface area (Å²) in [6, 6.07) is 16.1. The van der Waals surface area contributed by atoms with E-state index in [0.717, 1.165) is 29.5 Å². The summed E-state index contributed by atoms with van der Waals surface area (Å²) in [6.07, 6.45) is 3.53. The van der Waals surface area contributed by atoms with E-state index in [9.17, 15) is 9.59 Å². The van der Waals surface area contributed by atoms with E-state index in [-0.39, 0.29) is 17.9 Å². The van der Waals surface area contributed by atoms with Gasteiger partial charge in [-0.2, -0.15) is 0 Å². The average molecular weight is 423 g/mol. The summed E-state index contributed by atoms with van der Waals surface area (Å²) >= 11 is 0. The first-order valence-electron chi connectivity index (χ1n) is 11.6. The van der Waals surface area contributed by atoms with Crippen molar-refractivity contribution in [3.8, 4) is 0 Å². The van der Waals surface area contributed by atoms with Gasteiger partial charge in [-0.05, 0) is 61.8 Å². The SMILES string of the molecule is CCc1ccc(CCC(=O)N(Cc2ccccc2C)[C@@H](CC)C(=O)N[C@@H](C)CC)cc1. The zero-order chi connectivity index (χ0) is 22.8. The second-order valence-corrected chi connectivity index (χ2v) is 8.36. The molecule has 0 radical (unpaired) electrons. The van der Waals surface area contributed by atoms with Crippen molar-refractivity contribution in [2.75, 3.05) is 0 Å². The van der Waals surface area contributed by atoms with Crippen LogP contribution in [0.3, 0.4) is 0 Å². The molecule has 1 N–H and O–H groups in total. The van der Waals surface area contributed by atoms with E-state index in [1.54, 1.807) is 4.90 Å². The first-order chi connectivity index (χ1) is 14.9. The molecule has 168 valence electrons. The number of carbonyl (C=O) groups is 2. The van der Waals surface area contributed by atoms with Gasteiger partial charge in [-0.1, -0.05) is 69.3 Å². The molecular formula is C27H38N2O2. The van der Waals surface area contributed by atoms with Crippen molar-refractivity contribution in [2.24, 2.45) is 0 Å². The van der Waals surface area contributed by atoms with E-state index in [1.807, 2.05) is 52.0 Å². The summed E-state index contributed by atoms with van der Waals surface area (Å²) < 4.78 is 0. The van der Waals surface area contributed by atoms with Gasteiger partial charge < -0.3 is 10.2 Å². The number of nitrogens with zero attached hydrogens (tertiary/aromatic N) is 1. The Bertz CT molecular complexity index is 845. The van der Waals surface area contributed by atoms with Crippen LogP contribution in [-0.2, 0) is 29.0 Å². The second-order valence-electron chi connectivity index (χ2n) is 8.36. The summed E-state index contributed by atoms with van der Waals surface area (Å²) in [4.78, 5) is 28.1. The Hall–Kier alpha value is -2.62. The molecule has 4 heteroatoms.